The molecule has 2 aliphatic heterocycles. The van der Waals surface area contributed by atoms with Crippen molar-refractivity contribution in [3.05, 3.63) is 104 Å². The molecule has 0 N–H and O–H groups in total. The van der Waals surface area contributed by atoms with Gasteiger partial charge >= 0.3 is 12.0 Å². The van der Waals surface area contributed by atoms with Crippen molar-refractivity contribution >= 4 is 45.8 Å². The molecule has 44 heavy (non-hydrogen) atoms. The van der Waals surface area contributed by atoms with E-state index < -0.39 is 5.82 Å². The van der Waals surface area contributed by atoms with Crippen LogP contribution in [-0.4, -0.2) is 68.7 Å². The van der Waals surface area contributed by atoms with E-state index in [9.17, 15) is 9.18 Å². The Hall–Kier alpha value is -4.39. The normalized spacial score (nSPS) is 14.9. The molecule has 0 spiro atoms. The largest absolute Gasteiger partial charge is 0.465 e. The number of halogens is 2. The second-order valence-corrected chi connectivity index (χ2v) is 12.1. The SMILES string of the molecule is COC(=O)c1ccc2nc(CN3CC4=C(C3)CN(c3ccnc(OCc5ccc(Cl)cc5F)n3)C4)n(Cc3cncs3)c2c1. The van der Waals surface area contributed by atoms with Crippen LogP contribution < -0.4 is 9.64 Å². The van der Waals surface area contributed by atoms with Gasteiger partial charge in [-0.15, -0.1) is 11.3 Å². The number of ether oxygens (including phenoxy) is 2. The number of hydrogen-bond donors (Lipinski definition) is 0. The number of anilines is 1. The Bertz CT molecular complexity index is 1880. The Morgan fingerprint density at radius 2 is 1.89 bits per heavy atom. The fourth-order valence-electron chi connectivity index (χ4n) is 5.68. The lowest BCUT2D eigenvalue weighted by atomic mass is 10.2. The number of thiazole rings is 1. The number of esters is 1. The van der Waals surface area contributed by atoms with Crippen LogP contribution in [0.2, 0.25) is 5.02 Å². The Balaban J connectivity index is 1.02. The lowest BCUT2D eigenvalue weighted by Crippen LogP contribution is -2.30. The monoisotopic (exact) mass is 631 g/mol. The van der Waals surface area contributed by atoms with Crippen molar-refractivity contribution in [1.29, 1.82) is 0 Å². The highest BCUT2D eigenvalue weighted by Crippen LogP contribution is 2.31. The molecule has 0 saturated heterocycles. The van der Waals surface area contributed by atoms with Crippen molar-refractivity contribution in [2.45, 2.75) is 19.7 Å². The van der Waals surface area contributed by atoms with Gasteiger partial charge in [-0.2, -0.15) is 4.98 Å². The summed E-state index contributed by atoms with van der Waals surface area (Å²) in [6, 6.07) is 12.0. The Morgan fingerprint density at radius 3 is 2.64 bits per heavy atom. The zero-order valence-electron chi connectivity index (χ0n) is 23.7. The van der Waals surface area contributed by atoms with E-state index in [1.165, 1.54) is 24.3 Å². The fourth-order valence-corrected chi connectivity index (χ4v) is 6.42. The number of aromatic nitrogens is 5. The average molecular weight is 632 g/mol. The molecule has 0 unspecified atom stereocenters. The van der Waals surface area contributed by atoms with Gasteiger partial charge in [0.15, 0.2) is 0 Å². The molecule has 0 fully saturated rings. The van der Waals surface area contributed by atoms with Crippen molar-refractivity contribution in [3.8, 4) is 6.01 Å². The molecule has 3 aromatic heterocycles. The van der Waals surface area contributed by atoms with Gasteiger partial charge in [-0.25, -0.2) is 19.2 Å². The third-order valence-electron chi connectivity index (χ3n) is 7.82. The van der Waals surface area contributed by atoms with Crippen LogP contribution >= 0.6 is 22.9 Å². The molecule has 13 heteroatoms. The summed E-state index contributed by atoms with van der Waals surface area (Å²) in [6.07, 6.45) is 3.52. The third-order valence-corrected chi connectivity index (χ3v) is 8.82. The highest BCUT2D eigenvalue weighted by atomic mass is 35.5. The molecule has 224 valence electrons. The maximum Gasteiger partial charge on any atom is 0.337 e. The van der Waals surface area contributed by atoms with E-state index in [1.54, 1.807) is 35.7 Å². The van der Waals surface area contributed by atoms with Crippen molar-refractivity contribution < 1.29 is 18.7 Å². The number of hydrogen-bond acceptors (Lipinski definition) is 10. The van der Waals surface area contributed by atoms with E-state index in [1.807, 2.05) is 29.9 Å². The van der Waals surface area contributed by atoms with Gasteiger partial charge in [0, 0.05) is 54.0 Å². The molecule has 2 aromatic carbocycles. The predicted molar refractivity (Wildman–Crippen MR) is 165 cm³/mol. The first-order chi connectivity index (χ1) is 21.4. The van der Waals surface area contributed by atoms with Gasteiger partial charge < -0.3 is 18.9 Å². The lowest BCUT2D eigenvalue weighted by molar-refractivity contribution is 0.0601. The van der Waals surface area contributed by atoms with Crippen LogP contribution in [-0.2, 0) is 24.4 Å². The molecule has 0 atom stereocenters. The second-order valence-electron chi connectivity index (χ2n) is 10.7. The number of methoxy groups -OCH3 is 1. The van der Waals surface area contributed by atoms with Gasteiger partial charge in [-0.3, -0.25) is 9.88 Å². The number of imidazole rings is 1. The molecular formula is C31H27ClFN7O3S. The van der Waals surface area contributed by atoms with Crippen LogP contribution in [0.3, 0.4) is 0 Å². The summed E-state index contributed by atoms with van der Waals surface area (Å²) < 4.78 is 27.0. The van der Waals surface area contributed by atoms with Crippen LogP contribution in [0.4, 0.5) is 10.2 Å². The average Bonchev–Trinajstić information content (AvgIpc) is 3.82. The lowest BCUT2D eigenvalue weighted by Gasteiger charge is -2.23. The quantitative estimate of drug-likeness (QED) is 0.162. The Kier molecular flexibility index (Phi) is 7.71. The second kappa shape index (κ2) is 11.9. The summed E-state index contributed by atoms with van der Waals surface area (Å²) in [7, 11) is 1.38. The molecule has 0 bridgehead atoms. The topological polar surface area (TPSA) is 98.5 Å². The summed E-state index contributed by atoms with van der Waals surface area (Å²) in [5.41, 5.74) is 7.16. The molecule has 2 aliphatic rings. The van der Waals surface area contributed by atoms with Gasteiger partial charge in [0.25, 0.3) is 0 Å². The van der Waals surface area contributed by atoms with E-state index in [-0.39, 0.29) is 18.6 Å². The van der Waals surface area contributed by atoms with Crippen LogP contribution in [0.1, 0.15) is 26.6 Å². The Labute approximate surface area is 261 Å². The van der Waals surface area contributed by atoms with E-state index in [2.05, 4.69) is 29.3 Å². The molecular weight excluding hydrogens is 605 g/mol. The number of nitrogens with zero attached hydrogens (tertiary/aromatic N) is 7. The molecule has 5 aromatic rings. The first kappa shape index (κ1) is 28.4. The number of carbonyl (C=O) groups excluding carboxylic acids is 1. The summed E-state index contributed by atoms with van der Waals surface area (Å²) in [6.45, 7) is 4.47. The summed E-state index contributed by atoms with van der Waals surface area (Å²) in [4.78, 5) is 35.9. The van der Waals surface area contributed by atoms with Gasteiger partial charge in [-0.05, 0) is 47.5 Å². The van der Waals surface area contributed by atoms with E-state index in [0.29, 0.717) is 29.2 Å². The Morgan fingerprint density at radius 1 is 1.05 bits per heavy atom. The maximum atomic E-state index is 14.2. The van der Waals surface area contributed by atoms with Crippen molar-refractivity contribution in [3.63, 3.8) is 0 Å². The predicted octanol–water partition coefficient (Wildman–Crippen LogP) is 5.12. The zero-order chi connectivity index (χ0) is 30.2. The highest BCUT2D eigenvalue weighted by Gasteiger charge is 2.31. The number of benzene rings is 2. The minimum Gasteiger partial charge on any atom is -0.465 e. The van der Waals surface area contributed by atoms with Gasteiger partial charge in [0.1, 0.15) is 24.1 Å². The van der Waals surface area contributed by atoms with Crippen molar-refractivity contribution in [2.24, 2.45) is 0 Å². The van der Waals surface area contributed by atoms with Crippen LogP contribution in [0.15, 0.2) is 71.5 Å². The van der Waals surface area contributed by atoms with Gasteiger partial charge in [0.2, 0.25) is 0 Å². The first-order valence-corrected chi connectivity index (χ1v) is 15.2. The maximum absolute atomic E-state index is 14.2. The minimum atomic E-state index is -0.427. The van der Waals surface area contributed by atoms with Gasteiger partial charge in [0.05, 0.1) is 42.3 Å². The number of carbonyl (C=O) groups is 1. The highest BCUT2D eigenvalue weighted by molar-refractivity contribution is 7.09. The van der Waals surface area contributed by atoms with E-state index in [4.69, 9.17) is 26.1 Å². The van der Waals surface area contributed by atoms with Crippen molar-refractivity contribution in [2.75, 3.05) is 38.2 Å². The molecule has 5 heterocycles. The fraction of sp³-hybridized carbons (Fsp3) is 0.258. The van der Waals surface area contributed by atoms with E-state index in [0.717, 1.165) is 53.7 Å². The minimum absolute atomic E-state index is 0.00787. The summed E-state index contributed by atoms with van der Waals surface area (Å²) in [5, 5.41) is 0.335. The summed E-state index contributed by atoms with van der Waals surface area (Å²) >= 11 is 7.44. The van der Waals surface area contributed by atoms with Gasteiger partial charge in [-0.1, -0.05) is 17.7 Å². The number of rotatable bonds is 9. The van der Waals surface area contributed by atoms with E-state index >= 15 is 0 Å². The first-order valence-electron chi connectivity index (χ1n) is 13.9. The molecule has 0 amide bonds. The molecule has 0 radical (unpaired) electrons. The smallest absolute Gasteiger partial charge is 0.337 e. The molecule has 0 saturated carbocycles. The molecule has 7 rings (SSSR count). The zero-order valence-corrected chi connectivity index (χ0v) is 25.3. The summed E-state index contributed by atoms with van der Waals surface area (Å²) in [5.74, 6) is 0.897. The number of fused-ring (bicyclic) bond motifs is 1. The third kappa shape index (κ3) is 5.75. The standard InChI is InChI=1S/C31H27ClFN7O3S/c1-42-30(41)19-3-5-26-27(8-19)40(15-24-10-34-18-44-24)29(36-26)16-38-11-21-13-39(14-22(21)12-38)28-6-7-35-31(37-28)43-17-20-2-4-23(32)9-25(20)33/h2-10,18H,11-17H2,1H3. The molecule has 0 aliphatic carbocycles. The van der Waals surface area contributed by atoms with Crippen LogP contribution in [0.25, 0.3) is 11.0 Å². The molecule has 10 nitrogen and oxygen atoms in total. The van der Waals surface area contributed by atoms with Crippen LogP contribution in [0, 0.1) is 5.82 Å². The van der Waals surface area contributed by atoms with Crippen LogP contribution in [0.5, 0.6) is 6.01 Å². The van der Waals surface area contributed by atoms with Crippen molar-refractivity contribution in [1.82, 2.24) is 29.4 Å².